The van der Waals surface area contributed by atoms with Crippen molar-refractivity contribution in [2.45, 2.75) is 254 Å². The molecule has 0 aliphatic carbocycles. The Morgan fingerprint density at radius 3 is 1.53 bits per heavy atom. The van der Waals surface area contributed by atoms with E-state index in [9.17, 15) is 117 Å². The molecule has 12 aliphatic rings. The molecule has 1 unspecified atom stereocenters. The Kier molecular flexibility index (Phi) is 31.5. The van der Waals surface area contributed by atoms with Crippen molar-refractivity contribution in [3.8, 4) is 80.1 Å². The Balaban J connectivity index is 0.908. The zero-order valence-corrected chi connectivity index (χ0v) is 77.9. The van der Waals surface area contributed by atoms with Crippen molar-refractivity contribution >= 4 is 41.4 Å². The van der Waals surface area contributed by atoms with Crippen molar-refractivity contribution in [1.29, 1.82) is 0 Å². The first-order chi connectivity index (χ1) is 70.0. The van der Waals surface area contributed by atoms with Gasteiger partial charge >= 0.3 is 5.97 Å². The zero-order chi connectivity index (χ0) is 105. The van der Waals surface area contributed by atoms with E-state index in [1.54, 1.807) is 0 Å². The molecule has 37 atom stereocenters. The highest BCUT2D eigenvalue weighted by Crippen LogP contribution is 2.51. The molecule has 7 aromatic carbocycles. The summed E-state index contributed by atoms with van der Waals surface area (Å²) in [5.74, 6) is -17.8. The lowest BCUT2D eigenvalue weighted by molar-refractivity contribution is -0.377. The van der Waals surface area contributed by atoms with Crippen molar-refractivity contribution in [3.05, 3.63) is 166 Å². The molecule has 31 N–H and O–H groups in total. The van der Waals surface area contributed by atoms with Crippen LogP contribution in [0.15, 0.2) is 121 Å². The Hall–Kier alpha value is -12.1. The number of phenolic OH excluding ortho intramolecular Hbond substituents is 4. The average Bonchev–Trinajstić information content (AvgIpc) is 1.05. The molecular weight excluding hydrogens is 1960 g/mol. The number of benzene rings is 7. The molecule has 794 valence electrons. The second-order valence-corrected chi connectivity index (χ2v) is 36.9. The first-order valence-electron chi connectivity index (χ1n) is 46.4. The number of nitrogens with one attached hydrogen (secondary N) is 6. The monoisotopic (exact) mass is 2070 g/mol. The van der Waals surface area contributed by atoms with Crippen LogP contribution >= 0.6 is 0 Å². The highest BCUT2D eigenvalue weighted by Gasteiger charge is 2.58. The van der Waals surface area contributed by atoms with Crippen LogP contribution in [0.2, 0.25) is 0 Å². The lowest BCUT2D eigenvalue weighted by Crippen LogP contribution is -2.66. The van der Waals surface area contributed by atoms with Crippen molar-refractivity contribution in [1.82, 2.24) is 31.9 Å². The number of fused-ring (bicyclic) bond motifs is 14. The van der Waals surface area contributed by atoms with Crippen LogP contribution in [0.25, 0.3) is 11.1 Å². The molecule has 6 saturated heterocycles. The molecule has 147 heavy (non-hydrogen) atoms. The van der Waals surface area contributed by atoms with Gasteiger partial charge in [-0.05, 0) is 133 Å². The lowest BCUT2D eigenvalue weighted by atomic mass is 9.89. The van der Waals surface area contributed by atoms with Gasteiger partial charge in [-0.1, -0.05) is 36.4 Å². The zero-order valence-electron chi connectivity index (χ0n) is 77.9. The van der Waals surface area contributed by atoms with Crippen LogP contribution in [0.5, 0.6) is 69.0 Å². The fraction of sp³-hybridized carbons (Fsp3) is 0.484. The maximum atomic E-state index is 17.3. The minimum Gasteiger partial charge on any atom is -0.508 e. The van der Waals surface area contributed by atoms with E-state index in [2.05, 4.69) is 31.9 Å². The maximum Gasteiger partial charge on any atom is 0.333 e. The van der Waals surface area contributed by atoms with E-state index in [0.29, 0.717) is 0 Å². The number of carbonyl (C=O) groups is 7. The third-order valence-electron chi connectivity index (χ3n) is 27.2. The van der Waals surface area contributed by atoms with Crippen molar-refractivity contribution in [2.75, 3.05) is 33.5 Å². The van der Waals surface area contributed by atoms with Gasteiger partial charge in [-0.2, -0.15) is 0 Å². The molecule has 7 aromatic rings. The number of aliphatic hydroxyl groups is 17. The number of nitrogens with two attached hydrogens (primary N) is 2. The third kappa shape index (κ3) is 21.3. The molecule has 0 aromatic heterocycles. The molecule has 52 nitrogen and oxygen atoms in total. The Morgan fingerprint density at radius 2 is 0.898 bits per heavy atom. The molecule has 12 aliphatic heterocycles. The SMILES string of the molecule is COC(=O)[C@@H]1NC(=O)[C@H]2NC(=O)[C@H](NC(=O)[C@@H]3NC(=O)[C@H]4NC(=O)[C@H](NC(=O)[C@@H](N)c5ccc(O)c(c5)Oc5cc4cc(O)c5C)[C@H](O)c4ccc(cc4)Oc4cc3cc(c4O[C@@H]3O[C@H](CO[C@@H]4O[C@@H](C)[C@H](O)[C@@H](O)[C@H]4O)[C@@H](O)[C@H](O)[C@H]3O[C@H]3O[C@H](CO)[C@@H](O)[C@H](O)[C@@H]3OC3O[C@H](CO)[C@@H](O)[C@@H]3O)Oc3ccc(cc3)[C@H]2O[C@@H]2C[C@@H](N)[C@@H](O)[C@H](C)O2)c2ccc(O)c(c2)-c2c(O[C@@H]3O[C@H](CO)[C@@H](O)[C@H](O)[C@@H]3O)cc(O)cc21. The largest absolute Gasteiger partial charge is 0.508 e. The normalized spacial score (nSPS) is 36.1. The number of methoxy groups -OCH3 is 1. The van der Waals surface area contributed by atoms with Gasteiger partial charge in [0, 0.05) is 40.8 Å². The van der Waals surface area contributed by atoms with Crippen LogP contribution in [-0.4, -0.2) is 366 Å². The van der Waals surface area contributed by atoms with Crippen LogP contribution in [0.4, 0.5) is 0 Å². The number of aromatic hydroxyl groups is 4. The van der Waals surface area contributed by atoms with E-state index < -0.39 is 386 Å². The van der Waals surface area contributed by atoms with Gasteiger partial charge in [0.15, 0.2) is 60.3 Å². The summed E-state index contributed by atoms with van der Waals surface area (Å²) in [6.07, 6.45) is -58.2. The molecule has 17 bridgehead atoms. The summed E-state index contributed by atoms with van der Waals surface area (Å²) in [5, 5.41) is 256. The third-order valence-corrected chi connectivity index (χ3v) is 27.2. The first kappa shape index (κ1) is 106. The van der Waals surface area contributed by atoms with E-state index in [4.69, 9.17) is 87.3 Å². The smallest absolute Gasteiger partial charge is 0.333 e. The Labute approximate surface area is 831 Å². The van der Waals surface area contributed by atoms with Crippen molar-refractivity contribution < 1.29 is 217 Å². The minimum atomic E-state index is -2.60. The molecule has 6 fully saturated rings. The van der Waals surface area contributed by atoms with E-state index in [1.807, 2.05) is 0 Å². The number of hydrogen-bond acceptors (Lipinski definition) is 46. The maximum absolute atomic E-state index is 17.3. The molecule has 0 spiro atoms. The van der Waals surface area contributed by atoms with Gasteiger partial charge in [-0.3, -0.25) is 28.8 Å². The number of phenols is 4. The van der Waals surface area contributed by atoms with Gasteiger partial charge < -0.3 is 226 Å². The van der Waals surface area contributed by atoms with E-state index in [0.717, 1.165) is 98.1 Å². The molecule has 52 heteroatoms. The Bertz CT molecular complexity index is 6010. The molecule has 19 rings (SSSR count). The molecule has 12 heterocycles. The first-order valence-corrected chi connectivity index (χ1v) is 46.4. The van der Waals surface area contributed by atoms with Gasteiger partial charge in [0.25, 0.3) is 0 Å². The van der Waals surface area contributed by atoms with Gasteiger partial charge in [0.1, 0.15) is 192 Å². The minimum absolute atomic E-state index is 0.0673. The highest BCUT2D eigenvalue weighted by molar-refractivity contribution is 6.00. The van der Waals surface area contributed by atoms with E-state index in [1.165, 1.54) is 51.1 Å². The standard InChI is InChI=1S/C95H110N8O44/c1-30-47(110)18-37-20-48(30)138-49-19-35(9-16-46(49)109)59(97)84(125)102-64-68(113)33-5-11-40(12-6-33)136-51-21-38-22-52(81(51)145-95-83(76(121)72(117)56(143-95)29-133-91-78(123)73(118)67(112)32(3)135-91)147-94-82(75(120)70(115)54(27-105)142-94)146-93-77(122)71(116)55(28-106)141-93)137-41-13-7-34(8-14-41)80(144-57-25-44(96)66(111)31(2)134-57)65-89(130)101-63(90(131)132-4)43-23-39(107)24-50(139-92-79(124)74(119)69(114)53(26-104)140-92)58(43)42-17-36(10-15-45(42)108)60(85(126)103-65)98-87(128)62(38)99-86(127)61(37)100-88(64)129/h5-24,31-32,44,53-57,59-80,82-83,91-95,104-124H,25-29,96-97H2,1-4H3,(H,98,128)(H,99,127)(H,100,129)(H,101,130)(H,102,125)(H,103,126)/t31-,32-,44+,53+,54+,55+,56+,57+,59-,60+,61-,62+,63+,64+,65-,66-,67-,68+,69+,70+,71+,72+,73+,74-,75-,76-,77-,78+,79-,80+,82-,83+,91+,92+,93?,94+,95-/m0/s1. The van der Waals surface area contributed by atoms with Gasteiger partial charge in [0.05, 0.1) is 51.8 Å². The number of ether oxygens (including phenoxy) is 16. The average molecular weight is 2070 g/mol. The van der Waals surface area contributed by atoms with E-state index >= 15 is 24.0 Å². The van der Waals surface area contributed by atoms with Crippen LogP contribution in [-0.2, 0) is 85.7 Å². The fourth-order valence-electron chi connectivity index (χ4n) is 18.7. The van der Waals surface area contributed by atoms with E-state index in [-0.39, 0.29) is 39.5 Å². The van der Waals surface area contributed by atoms with Gasteiger partial charge in [0.2, 0.25) is 53.8 Å². The topological polar surface area (TPSA) is 816 Å². The predicted octanol–water partition coefficient (Wildman–Crippen LogP) is -6.50. The van der Waals surface area contributed by atoms with Crippen LogP contribution < -0.4 is 67.1 Å². The highest BCUT2D eigenvalue weighted by atomic mass is 16.8. The molecule has 0 saturated carbocycles. The summed E-state index contributed by atoms with van der Waals surface area (Å²) in [7, 11) is 0.873. The molecular formula is C95H110N8O44. The summed E-state index contributed by atoms with van der Waals surface area (Å²) in [4.78, 5) is 113. The summed E-state index contributed by atoms with van der Waals surface area (Å²) < 4.78 is 99.8. The predicted molar refractivity (Wildman–Crippen MR) is 483 cm³/mol. The second kappa shape index (κ2) is 43.6. The van der Waals surface area contributed by atoms with Crippen LogP contribution in [0.1, 0.15) is 107 Å². The van der Waals surface area contributed by atoms with Gasteiger partial charge in [-0.25, -0.2) is 4.79 Å². The van der Waals surface area contributed by atoms with Crippen molar-refractivity contribution in [2.24, 2.45) is 11.5 Å². The van der Waals surface area contributed by atoms with Crippen LogP contribution in [0.3, 0.4) is 0 Å². The van der Waals surface area contributed by atoms with Crippen molar-refractivity contribution in [3.63, 3.8) is 0 Å². The number of aliphatic hydroxyl groups excluding tert-OH is 17. The summed E-state index contributed by atoms with van der Waals surface area (Å²) in [6, 6.07) is 4.22. The number of esters is 1. The summed E-state index contributed by atoms with van der Waals surface area (Å²) in [5.41, 5.74) is 9.22. The Morgan fingerprint density at radius 1 is 0.408 bits per heavy atom. The lowest BCUT2D eigenvalue weighted by Gasteiger charge is -2.47. The summed E-state index contributed by atoms with van der Waals surface area (Å²) in [6.45, 7) is -0.0572. The number of hydrogen-bond donors (Lipinski definition) is 29. The second-order valence-electron chi connectivity index (χ2n) is 36.9. The summed E-state index contributed by atoms with van der Waals surface area (Å²) >= 11 is 0. The molecule has 0 radical (unpaired) electrons. The number of carbonyl (C=O) groups excluding carboxylic acids is 7. The molecule has 6 amide bonds. The van der Waals surface area contributed by atoms with Gasteiger partial charge in [-0.15, -0.1) is 0 Å². The number of amides is 6. The number of rotatable bonds is 17. The fourth-order valence-corrected chi connectivity index (χ4v) is 18.7. The quantitative estimate of drug-likeness (QED) is 0.0377. The van der Waals surface area contributed by atoms with Crippen LogP contribution in [0, 0.1) is 6.92 Å².